The van der Waals surface area contributed by atoms with Gasteiger partial charge in [0.05, 0.1) is 17.1 Å². The van der Waals surface area contributed by atoms with Crippen LogP contribution >= 0.6 is 47.0 Å². The second-order valence-corrected chi connectivity index (χ2v) is 39.2. The second-order valence-electron chi connectivity index (χ2n) is 34.6. The van der Waals surface area contributed by atoms with Crippen molar-refractivity contribution in [1.82, 2.24) is 0 Å². The first-order chi connectivity index (χ1) is 70.3. The van der Waals surface area contributed by atoms with Crippen molar-refractivity contribution in [2.75, 3.05) is 0 Å². The minimum absolute atomic E-state index is 0.133. The molecule has 24 heteroatoms. The molecule has 14 aromatic carbocycles. The third-order valence-electron chi connectivity index (χ3n) is 23.3. The van der Waals surface area contributed by atoms with E-state index in [1.54, 1.807) is 72.2 Å². The molecule has 145 heavy (non-hydrogen) atoms. The van der Waals surface area contributed by atoms with E-state index in [9.17, 15) is 38.4 Å². The van der Waals surface area contributed by atoms with E-state index in [-0.39, 0.29) is 23.1 Å². The molecule has 728 valence electrons. The van der Waals surface area contributed by atoms with Gasteiger partial charge in [-0.1, -0.05) is 273 Å². The average molecular weight is 2000 g/mol. The van der Waals surface area contributed by atoms with Gasteiger partial charge in [-0.25, -0.2) is 19.2 Å². The molecule has 4 heterocycles. The van der Waals surface area contributed by atoms with Gasteiger partial charge in [0.15, 0.2) is 23.0 Å². The maximum Gasteiger partial charge on any atom is 0.332 e. The van der Waals surface area contributed by atoms with E-state index in [0.717, 1.165) is 155 Å². The Morgan fingerprint density at radius 1 is 0.297 bits per heavy atom. The van der Waals surface area contributed by atoms with Gasteiger partial charge in [-0.05, 0) is 278 Å². The van der Waals surface area contributed by atoms with Crippen molar-refractivity contribution in [1.29, 1.82) is 0 Å². The molecule has 0 saturated carbocycles. The molecule has 4 aromatic heterocycles. The zero-order valence-electron chi connectivity index (χ0n) is 81.5. The fraction of sp³-hybridized carbons (Fsp3) is 0.157. The van der Waals surface area contributed by atoms with Crippen molar-refractivity contribution in [3.8, 4) is 0 Å². The van der Waals surface area contributed by atoms with Crippen molar-refractivity contribution < 1.29 is 75.4 Å². The lowest BCUT2D eigenvalue weighted by atomic mass is 9.91. The number of carbonyl (C=O) groups is 8. The molecule has 20 nitrogen and oxygen atoms in total. The molecular formula is C121H104N4O16S4. The average Bonchev–Trinajstić information content (AvgIpc) is 1.64. The number of hydrogen-bond acceptors (Lipinski definition) is 24. The van der Waals surface area contributed by atoms with Crippen molar-refractivity contribution in [2.24, 2.45) is 32.5 Å². The predicted molar refractivity (Wildman–Crippen MR) is 575 cm³/mol. The first-order valence-corrected chi connectivity index (χ1v) is 50.7. The summed E-state index contributed by atoms with van der Waals surface area (Å²) in [7, 11) is 0. The molecule has 1 unspecified atom stereocenters. The Labute approximate surface area is 857 Å². The number of carbonyl (C=O) groups excluding carboxylic acids is 8. The van der Waals surface area contributed by atoms with Crippen LogP contribution in [0.5, 0.6) is 0 Å². The first kappa shape index (κ1) is 103. The highest BCUT2D eigenvalue weighted by molar-refractivity contribution is 8.00. The SMILES string of the molecule is CC(=O)O/N=C(/c1ccc(Sc2ccc(C(=O)c3cc4cc5ccccc5cc4o3)cc2)cc1)c1ccccc1C.CC(=O)O/N=C(\C)c1ccc(Sc2ccc(C(=O)c3cc4ccccc4o3)cc2)cc1.CC(=O)O/N=C(\CCC(C)C)c1ccc(Sc2ccc(C(=O)c3cc4ccccc4o3)cc2)cc1.CCCCC(CC)C/C(=N\OC(C)=O)c1ccc(Sc2ccc(C(=O)c3cc4ccccc4o3)cc2)cc1. The quantitative estimate of drug-likeness (QED) is 0.0157. The summed E-state index contributed by atoms with van der Waals surface area (Å²) in [4.78, 5) is 124. The van der Waals surface area contributed by atoms with Crippen LogP contribution in [0.15, 0.2) is 429 Å². The van der Waals surface area contributed by atoms with Gasteiger partial charge in [0.1, 0.15) is 28.0 Å². The van der Waals surface area contributed by atoms with Crippen LogP contribution in [0.1, 0.15) is 205 Å². The Hall–Kier alpha value is -15.9. The van der Waals surface area contributed by atoms with Crippen molar-refractivity contribution in [2.45, 2.75) is 153 Å². The maximum atomic E-state index is 13.2. The molecule has 18 aromatic rings. The van der Waals surface area contributed by atoms with Crippen molar-refractivity contribution >= 4 is 172 Å². The van der Waals surface area contributed by atoms with Gasteiger partial charge in [-0.3, -0.25) is 19.2 Å². The number of benzene rings is 14. The highest BCUT2D eigenvalue weighted by Gasteiger charge is 2.23. The molecule has 0 spiro atoms. The molecule has 0 aliphatic heterocycles. The number of para-hydroxylation sites is 3. The van der Waals surface area contributed by atoms with E-state index >= 15 is 0 Å². The third-order valence-corrected chi connectivity index (χ3v) is 27.3. The molecular weight excluding hydrogens is 1890 g/mol. The number of aryl methyl sites for hydroxylation is 1. The summed E-state index contributed by atoms with van der Waals surface area (Å²) in [6, 6.07) is 112. The molecule has 0 radical (unpaired) electrons. The van der Waals surface area contributed by atoms with E-state index in [1.165, 1.54) is 34.1 Å². The number of hydrogen-bond donors (Lipinski definition) is 0. The zero-order chi connectivity index (χ0) is 102. The molecule has 0 aliphatic rings. The predicted octanol–water partition coefficient (Wildman–Crippen LogP) is 30.9. The Kier molecular flexibility index (Phi) is 35.8. The molecule has 0 N–H and O–H groups in total. The van der Waals surface area contributed by atoms with E-state index in [0.29, 0.717) is 90.9 Å². The minimum atomic E-state index is -0.473. The zero-order valence-corrected chi connectivity index (χ0v) is 84.8. The fourth-order valence-electron chi connectivity index (χ4n) is 15.5. The van der Waals surface area contributed by atoms with Crippen molar-refractivity contribution in [3.63, 3.8) is 0 Å². The van der Waals surface area contributed by atoms with Crippen LogP contribution in [-0.4, -0.2) is 69.9 Å². The fourth-order valence-corrected chi connectivity index (χ4v) is 18.8. The Morgan fingerprint density at radius 3 is 0.959 bits per heavy atom. The second kappa shape index (κ2) is 50.2. The lowest BCUT2D eigenvalue weighted by molar-refractivity contribution is -0.141. The van der Waals surface area contributed by atoms with E-state index in [1.807, 2.05) is 341 Å². The van der Waals surface area contributed by atoms with Crippen LogP contribution in [0.4, 0.5) is 0 Å². The van der Waals surface area contributed by atoms with Gasteiger partial charge in [0.25, 0.3) is 0 Å². The van der Waals surface area contributed by atoms with E-state index in [4.69, 9.17) is 32.2 Å². The van der Waals surface area contributed by atoms with Crippen LogP contribution in [0.25, 0.3) is 54.6 Å². The van der Waals surface area contributed by atoms with Gasteiger partial charge in [-0.15, -0.1) is 0 Å². The van der Waals surface area contributed by atoms with Crippen LogP contribution in [0, 0.1) is 18.8 Å². The number of unbranched alkanes of at least 4 members (excludes halogenated alkanes) is 1. The number of nitrogens with zero attached hydrogens (tertiary/aromatic N) is 4. The molecule has 0 fully saturated rings. The number of fused-ring (bicyclic) bond motifs is 5. The lowest BCUT2D eigenvalue weighted by Crippen LogP contribution is -2.11. The molecule has 18 rings (SSSR count). The number of oxime groups is 4. The number of rotatable bonds is 34. The Balaban J connectivity index is 0.000000146. The van der Waals surface area contributed by atoms with Gasteiger partial charge >= 0.3 is 23.9 Å². The topological polar surface area (TPSA) is 275 Å². The van der Waals surface area contributed by atoms with Crippen LogP contribution in [0.2, 0.25) is 0 Å². The molecule has 0 aliphatic carbocycles. The smallest absolute Gasteiger partial charge is 0.332 e. The Morgan fingerprint density at radius 2 is 0.600 bits per heavy atom. The number of ketones is 4. The Bertz CT molecular complexity index is 7640. The summed E-state index contributed by atoms with van der Waals surface area (Å²) in [5, 5.41) is 22.0. The summed E-state index contributed by atoms with van der Waals surface area (Å²) >= 11 is 6.39. The summed E-state index contributed by atoms with van der Waals surface area (Å²) in [6.45, 7) is 17.8. The van der Waals surface area contributed by atoms with Gasteiger partial charge < -0.3 is 37.0 Å². The van der Waals surface area contributed by atoms with Gasteiger partial charge in [0.2, 0.25) is 23.1 Å². The molecule has 0 amide bonds. The highest BCUT2D eigenvalue weighted by atomic mass is 32.2. The molecule has 0 bridgehead atoms. The standard InChI is InChI=1S/C35H25NO4S.C32H33NO4S.C29H27NO4S.C25H19NO4S/c1-22-7-3-6-10-31(22)34(36-40-23(2)37)24-11-15-29(16-12-24)41-30-17-13-25(14-18-30)35(38)33-21-28-19-26-8-4-5-9-27(26)20-32(28)39-33;1-4-6-9-23(5-2)20-29(33-37-22(3)34)24-12-16-27(17-13-24)38-28-18-14-25(15-19-28)32(35)31-21-26-10-7-8-11-30(26)36-31;1-19(2)8-17-26(30-34-20(3)31)21-9-13-24(14-10-21)35-25-15-11-22(12-16-25)29(32)28-18-23-6-4-5-7-27(23)33-28;1-16(26-30-17(2)27)18-7-11-21(12-8-18)31-22-13-9-19(10-14-22)25(28)24-15-20-5-3-4-6-23(20)29-24/h3-21H,1-2H3;7-8,10-19,21,23H,4-6,9,20H2,1-3H3;4-7,9-16,18-19H,8,17H2,1-3H3;3-15H,1-2H3/b36-34-;33-29+;30-26+;26-16+. The van der Waals surface area contributed by atoms with Crippen molar-refractivity contribution in [3.05, 3.63) is 431 Å². The third kappa shape index (κ3) is 28.8. The van der Waals surface area contributed by atoms with Gasteiger partial charge in [-0.2, -0.15) is 0 Å². The van der Waals surface area contributed by atoms with E-state index in [2.05, 4.69) is 53.2 Å². The number of furan rings is 4. The summed E-state index contributed by atoms with van der Waals surface area (Å²) in [6.07, 6.45) is 6.99. The van der Waals surface area contributed by atoms with Gasteiger partial charge in [0, 0.05) is 122 Å². The molecule has 0 saturated heterocycles. The maximum absolute atomic E-state index is 13.2. The first-order valence-electron chi connectivity index (χ1n) is 47.4. The summed E-state index contributed by atoms with van der Waals surface area (Å²) in [5.41, 5.74) is 13.4. The largest absolute Gasteiger partial charge is 0.453 e. The molecule has 1 atom stereocenters. The summed E-state index contributed by atoms with van der Waals surface area (Å²) < 4.78 is 23.0. The highest BCUT2D eigenvalue weighted by Crippen LogP contribution is 2.37. The van der Waals surface area contributed by atoms with Crippen LogP contribution in [0.3, 0.4) is 0 Å². The monoisotopic (exact) mass is 2000 g/mol. The lowest BCUT2D eigenvalue weighted by Gasteiger charge is -2.16. The summed E-state index contributed by atoms with van der Waals surface area (Å²) in [5.74, 6) is 0.0326. The van der Waals surface area contributed by atoms with E-state index < -0.39 is 23.9 Å². The minimum Gasteiger partial charge on any atom is -0.453 e. The van der Waals surface area contributed by atoms with Crippen LogP contribution in [-0.2, 0) is 38.5 Å². The van der Waals surface area contributed by atoms with Crippen LogP contribution < -0.4 is 0 Å². The normalized spacial score (nSPS) is 11.8.